The van der Waals surface area contributed by atoms with Gasteiger partial charge in [-0.15, -0.1) is 0 Å². The van der Waals surface area contributed by atoms with Gasteiger partial charge in [0.05, 0.1) is 18.2 Å². The number of rotatable bonds is 6. The molecule has 0 aliphatic carbocycles. The number of fused-ring (bicyclic) bond motifs is 2. The van der Waals surface area contributed by atoms with Crippen molar-refractivity contribution < 1.29 is 14.3 Å². The van der Waals surface area contributed by atoms with Gasteiger partial charge in [0, 0.05) is 13.6 Å². The van der Waals surface area contributed by atoms with Gasteiger partial charge < -0.3 is 25.8 Å². The van der Waals surface area contributed by atoms with Crippen molar-refractivity contribution in [3.8, 4) is 5.75 Å². The van der Waals surface area contributed by atoms with Crippen LogP contribution >= 0.6 is 0 Å². The maximum Gasteiger partial charge on any atom is 0.255 e. The summed E-state index contributed by atoms with van der Waals surface area (Å²) in [4.78, 5) is 15.1. The molecule has 2 fully saturated rings. The molecule has 0 radical (unpaired) electrons. The number of carbonyl (C=O) groups is 1. The number of ether oxygens (including phenoxy) is 2. The first-order valence-electron chi connectivity index (χ1n) is 8.26. The highest BCUT2D eigenvalue weighted by Gasteiger charge is 2.41. The van der Waals surface area contributed by atoms with E-state index in [0.29, 0.717) is 30.5 Å². The molecule has 3 unspecified atom stereocenters. The summed E-state index contributed by atoms with van der Waals surface area (Å²) in [7, 11) is 1.76. The van der Waals surface area contributed by atoms with Crippen LogP contribution in [-0.4, -0.2) is 43.8 Å². The maximum absolute atomic E-state index is 10.8. The summed E-state index contributed by atoms with van der Waals surface area (Å²) in [6.07, 6.45) is 4.05. The number of benzene rings is 1. The second-order valence-corrected chi connectivity index (χ2v) is 6.19. The third-order valence-corrected chi connectivity index (χ3v) is 4.39. The number of carbonyl (C=O) groups excluding carboxylic acids is 1. The average Bonchev–Trinajstić information content (AvgIpc) is 3.20. The fraction of sp³-hybridized carbons (Fsp3) is 0.529. The van der Waals surface area contributed by atoms with Crippen molar-refractivity contribution in [3.05, 3.63) is 29.8 Å². The number of nitrogens with two attached hydrogens (primary N) is 1. The molecule has 2 bridgehead atoms. The quantitative estimate of drug-likeness (QED) is 0.522. The highest BCUT2D eigenvalue weighted by molar-refractivity contribution is 5.80. The highest BCUT2D eigenvalue weighted by atomic mass is 16.5. The van der Waals surface area contributed by atoms with E-state index in [2.05, 4.69) is 15.6 Å². The monoisotopic (exact) mass is 332 g/mol. The van der Waals surface area contributed by atoms with E-state index in [1.54, 1.807) is 13.1 Å². The summed E-state index contributed by atoms with van der Waals surface area (Å²) < 4.78 is 11.2. The molecule has 2 aliphatic heterocycles. The van der Waals surface area contributed by atoms with Crippen LogP contribution in [0.15, 0.2) is 29.3 Å². The van der Waals surface area contributed by atoms with Gasteiger partial charge in [0.15, 0.2) is 12.6 Å². The SMILES string of the molecule is CN=C(NCc1cccc(OCC(N)=O)c1)NC1CC2CCC1O2. The largest absolute Gasteiger partial charge is 0.484 e. The zero-order valence-electron chi connectivity index (χ0n) is 13.8. The molecule has 1 aromatic rings. The molecule has 2 saturated heterocycles. The van der Waals surface area contributed by atoms with Crippen molar-refractivity contribution in [2.24, 2.45) is 10.7 Å². The van der Waals surface area contributed by atoms with Crippen LogP contribution in [0.3, 0.4) is 0 Å². The van der Waals surface area contributed by atoms with Crippen LogP contribution in [0, 0.1) is 0 Å². The van der Waals surface area contributed by atoms with Gasteiger partial charge in [0.25, 0.3) is 5.91 Å². The van der Waals surface area contributed by atoms with E-state index in [1.165, 1.54) is 6.42 Å². The van der Waals surface area contributed by atoms with E-state index < -0.39 is 5.91 Å². The molecule has 24 heavy (non-hydrogen) atoms. The van der Waals surface area contributed by atoms with Gasteiger partial charge in [-0.05, 0) is 37.0 Å². The molecule has 0 saturated carbocycles. The summed E-state index contributed by atoms with van der Waals surface area (Å²) in [6.45, 7) is 0.486. The first-order valence-corrected chi connectivity index (χ1v) is 8.26. The highest BCUT2D eigenvalue weighted by Crippen LogP contribution is 2.34. The van der Waals surface area contributed by atoms with Crippen LogP contribution in [0.5, 0.6) is 5.75 Å². The molecular formula is C17H24N4O3. The Morgan fingerprint density at radius 1 is 1.46 bits per heavy atom. The Bertz CT molecular complexity index is 620. The number of hydrogen-bond donors (Lipinski definition) is 3. The van der Waals surface area contributed by atoms with E-state index in [9.17, 15) is 4.79 Å². The molecule has 7 heteroatoms. The fourth-order valence-corrected chi connectivity index (χ4v) is 3.25. The first kappa shape index (κ1) is 16.6. The number of aliphatic imine (C=N–C) groups is 1. The number of amides is 1. The lowest BCUT2D eigenvalue weighted by Crippen LogP contribution is -2.47. The van der Waals surface area contributed by atoms with E-state index in [-0.39, 0.29) is 6.61 Å². The fourth-order valence-electron chi connectivity index (χ4n) is 3.25. The van der Waals surface area contributed by atoms with Gasteiger partial charge in [-0.2, -0.15) is 0 Å². The Hall–Kier alpha value is -2.28. The number of hydrogen-bond acceptors (Lipinski definition) is 4. The summed E-state index contributed by atoms with van der Waals surface area (Å²) in [5.41, 5.74) is 6.12. The van der Waals surface area contributed by atoms with Gasteiger partial charge in [-0.1, -0.05) is 12.1 Å². The van der Waals surface area contributed by atoms with Crippen LogP contribution in [0.2, 0.25) is 0 Å². The molecule has 0 aromatic heterocycles. The Labute approximate surface area is 141 Å². The zero-order chi connectivity index (χ0) is 16.9. The molecule has 1 aromatic carbocycles. The van der Waals surface area contributed by atoms with Crippen molar-refractivity contribution in [3.63, 3.8) is 0 Å². The lowest BCUT2D eigenvalue weighted by Gasteiger charge is -2.22. The third-order valence-electron chi connectivity index (χ3n) is 4.39. The zero-order valence-corrected chi connectivity index (χ0v) is 13.8. The van der Waals surface area contributed by atoms with Crippen molar-refractivity contribution in [2.45, 2.75) is 44.1 Å². The van der Waals surface area contributed by atoms with Gasteiger partial charge in [-0.25, -0.2) is 0 Å². The summed E-state index contributed by atoms with van der Waals surface area (Å²) in [5.74, 6) is 0.897. The van der Waals surface area contributed by atoms with Crippen molar-refractivity contribution in [1.82, 2.24) is 10.6 Å². The maximum atomic E-state index is 10.8. The summed E-state index contributed by atoms with van der Waals surface area (Å²) in [6, 6.07) is 7.88. The van der Waals surface area contributed by atoms with E-state index in [0.717, 1.165) is 24.4 Å². The van der Waals surface area contributed by atoms with E-state index in [4.69, 9.17) is 15.2 Å². The van der Waals surface area contributed by atoms with Crippen LogP contribution < -0.4 is 21.1 Å². The Morgan fingerprint density at radius 2 is 2.33 bits per heavy atom. The second-order valence-electron chi connectivity index (χ2n) is 6.19. The van der Waals surface area contributed by atoms with Crippen LogP contribution in [0.1, 0.15) is 24.8 Å². The standard InChI is InChI=1S/C17H24N4O3/c1-19-17(21-14-8-13-5-6-15(14)24-13)20-9-11-3-2-4-12(7-11)23-10-16(18)22/h2-4,7,13-15H,5-6,8-10H2,1H3,(H2,18,22)(H2,19,20,21). The summed E-state index contributed by atoms with van der Waals surface area (Å²) >= 11 is 0. The van der Waals surface area contributed by atoms with Crippen molar-refractivity contribution >= 4 is 11.9 Å². The van der Waals surface area contributed by atoms with Gasteiger partial charge in [0.2, 0.25) is 0 Å². The Morgan fingerprint density at radius 3 is 3.00 bits per heavy atom. The van der Waals surface area contributed by atoms with Crippen LogP contribution in [0.25, 0.3) is 0 Å². The van der Waals surface area contributed by atoms with Gasteiger partial charge in [-0.3, -0.25) is 9.79 Å². The molecule has 7 nitrogen and oxygen atoms in total. The van der Waals surface area contributed by atoms with E-state index >= 15 is 0 Å². The summed E-state index contributed by atoms with van der Waals surface area (Å²) in [5, 5.41) is 6.74. The number of primary amides is 1. The topological polar surface area (TPSA) is 98.0 Å². The van der Waals surface area contributed by atoms with E-state index in [1.807, 2.05) is 18.2 Å². The molecule has 2 heterocycles. The Balaban J connectivity index is 1.50. The van der Waals surface area contributed by atoms with Crippen LogP contribution in [-0.2, 0) is 16.1 Å². The molecular weight excluding hydrogens is 308 g/mol. The van der Waals surface area contributed by atoms with Crippen LogP contribution in [0.4, 0.5) is 0 Å². The molecule has 3 atom stereocenters. The lowest BCUT2D eigenvalue weighted by molar-refractivity contribution is -0.119. The minimum absolute atomic E-state index is 0.121. The third kappa shape index (κ3) is 4.17. The molecule has 0 spiro atoms. The van der Waals surface area contributed by atoms with Crippen molar-refractivity contribution in [2.75, 3.05) is 13.7 Å². The normalized spacial score (nSPS) is 25.5. The minimum atomic E-state index is -0.490. The molecule has 1 amide bonds. The smallest absolute Gasteiger partial charge is 0.255 e. The minimum Gasteiger partial charge on any atom is -0.484 e. The average molecular weight is 332 g/mol. The molecule has 130 valence electrons. The van der Waals surface area contributed by atoms with Gasteiger partial charge in [0.1, 0.15) is 5.75 Å². The first-order chi connectivity index (χ1) is 11.6. The van der Waals surface area contributed by atoms with Crippen molar-refractivity contribution in [1.29, 1.82) is 0 Å². The molecule has 4 N–H and O–H groups in total. The number of nitrogens with zero attached hydrogens (tertiary/aromatic N) is 1. The predicted molar refractivity (Wildman–Crippen MR) is 90.8 cm³/mol. The predicted octanol–water partition coefficient (Wildman–Crippen LogP) is 0.536. The number of guanidine groups is 1. The molecule has 2 aliphatic rings. The molecule has 3 rings (SSSR count). The lowest BCUT2D eigenvalue weighted by atomic mass is 9.96. The second kappa shape index (κ2) is 7.53. The Kier molecular flexibility index (Phi) is 5.20. The number of nitrogens with one attached hydrogen (secondary N) is 2. The van der Waals surface area contributed by atoms with Gasteiger partial charge >= 0.3 is 0 Å².